The number of ether oxygens (including phenoxy) is 1. The molecule has 1 aromatic heterocycles. The molecule has 0 spiro atoms. The zero-order valence-electron chi connectivity index (χ0n) is 19.3. The first kappa shape index (κ1) is 23.5. The van der Waals surface area contributed by atoms with Crippen LogP contribution in [0.3, 0.4) is 0 Å². The summed E-state index contributed by atoms with van der Waals surface area (Å²) in [6.07, 6.45) is 0.561. The van der Waals surface area contributed by atoms with Crippen molar-refractivity contribution in [1.82, 2.24) is 24.6 Å². The van der Waals surface area contributed by atoms with Crippen LogP contribution < -0.4 is 0 Å². The van der Waals surface area contributed by atoms with Gasteiger partial charge in [-0.3, -0.25) is 9.59 Å². The second-order valence-corrected chi connectivity index (χ2v) is 10.5. The van der Waals surface area contributed by atoms with Gasteiger partial charge in [0.2, 0.25) is 5.91 Å². The van der Waals surface area contributed by atoms with Gasteiger partial charge < -0.3 is 24.3 Å². The Morgan fingerprint density at radius 1 is 1.19 bits per heavy atom. The van der Waals surface area contributed by atoms with Crippen molar-refractivity contribution in [3.8, 4) is 0 Å². The highest BCUT2D eigenvalue weighted by molar-refractivity contribution is 7.13. The van der Waals surface area contributed by atoms with Gasteiger partial charge in [0, 0.05) is 64.5 Å². The van der Waals surface area contributed by atoms with Gasteiger partial charge in [-0.25, -0.2) is 9.78 Å². The van der Waals surface area contributed by atoms with E-state index in [2.05, 4.69) is 16.9 Å². The van der Waals surface area contributed by atoms with Gasteiger partial charge in [0.25, 0.3) is 5.91 Å². The molecule has 1 fully saturated rings. The van der Waals surface area contributed by atoms with Crippen LogP contribution in [0.25, 0.3) is 0 Å². The highest BCUT2D eigenvalue weighted by Crippen LogP contribution is 2.27. The molecule has 3 rings (SSSR count). The van der Waals surface area contributed by atoms with E-state index in [0.29, 0.717) is 18.1 Å². The number of likely N-dealkylation sites (N-methyl/N-ethyl adjacent to an activating group) is 1. The smallest absolute Gasteiger partial charge is 0.410 e. The lowest BCUT2D eigenvalue weighted by molar-refractivity contribution is -0.130. The summed E-state index contributed by atoms with van der Waals surface area (Å²) in [7, 11) is 5.44. The largest absolute Gasteiger partial charge is 0.444 e. The number of carbonyl (C=O) groups is 3. The number of rotatable bonds is 3. The number of carbonyl (C=O) groups excluding carboxylic acids is 3. The fraction of sp³-hybridized carbons (Fsp3) is 0.714. The molecule has 10 heteroatoms. The quantitative estimate of drug-likeness (QED) is 0.695. The lowest BCUT2D eigenvalue weighted by atomic mass is 10.1. The number of nitrogens with zero attached hydrogens (tertiary/aromatic N) is 5. The lowest BCUT2D eigenvalue weighted by Gasteiger charge is -2.41. The van der Waals surface area contributed by atoms with Gasteiger partial charge in [0.15, 0.2) is 5.01 Å². The van der Waals surface area contributed by atoms with Crippen LogP contribution in [0, 0.1) is 0 Å². The van der Waals surface area contributed by atoms with Crippen LogP contribution in [0.2, 0.25) is 0 Å². The van der Waals surface area contributed by atoms with Crippen molar-refractivity contribution in [2.24, 2.45) is 0 Å². The molecule has 0 bridgehead atoms. The third-order valence-corrected chi connectivity index (χ3v) is 6.48. The molecule has 1 aromatic rings. The van der Waals surface area contributed by atoms with Crippen LogP contribution in [0.15, 0.2) is 0 Å². The second kappa shape index (κ2) is 9.12. The summed E-state index contributed by atoms with van der Waals surface area (Å²) in [5.74, 6) is -0.253. The van der Waals surface area contributed by atoms with Crippen molar-refractivity contribution in [1.29, 1.82) is 0 Å². The monoisotopic (exact) mass is 451 g/mol. The Kier molecular flexibility index (Phi) is 6.90. The van der Waals surface area contributed by atoms with Crippen molar-refractivity contribution in [2.75, 3.05) is 47.3 Å². The lowest BCUT2D eigenvalue weighted by Crippen LogP contribution is -2.58. The molecule has 1 unspecified atom stereocenters. The summed E-state index contributed by atoms with van der Waals surface area (Å²) in [6.45, 7) is 8.15. The highest BCUT2D eigenvalue weighted by atomic mass is 32.1. The predicted molar refractivity (Wildman–Crippen MR) is 118 cm³/mol. The van der Waals surface area contributed by atoms with Gasteiger partial charge in [-0.2, -0.15) is 0 Å². The van der Waals surface area contributed by atoms with Crippen LogP contribution in [-0.4, -0.2) is 101 Å². The molecule has 9 nitrogen and oxygen atoms in total. The number of amides is 3. The van der Waals surface area contributed by atoms with E-state index >= 15 is 0 Å². The summed E-state index contributed by atoms with van der Waals surface area (Å²) < 4.78 is 5.50. The Bertz CT molecular complexity index is 847. The van der Waals surface area contributed by atoms with E-state index in [4.69, 9.17) is 4.74 Å². The van der Waals surface area contributed by atoms with E-state index in [-0.39, 0.29) is 24.8 Å². The molecular formula is C21H33N5O4S. The third-order valence-electron chi connectivity index (χ3n) is 5.41. The third kappa shape index (κ3) is 5.74. The van der Waals surface area contributed by atoms with E-state index in [0.717, 1.165) is 30.1 Å². The van der Waals surface area contributed by atoms with E-state index < -0.39 is 17.7 Å². The Hall–Kier alpha value is -2.20. The van der Waals surface area contributed by atoms with Crippen molar-refractivity contribution in [3.05, 3.63) is 15.6 Å². The van der Waals surface area contributed by atoms with Gasteiger partial charge in [-0.1, -0.05) is 0 Å². The predicted octanol–water partition coefficient (Wildman–Crippen LogP) is 1.67. The zero-order chi connectivity index (χ0) is 22.9. The first-order valence-electron chi connectivity index (χ1n) is 10.6. The molecule has 0 N–H and O–H groups in total. The summed E-state index contributed by atoms with van der Waals surface area (Å²) in [5.41, 5.74) is 0.395. The highest BCUT2D eigenvalue weighted by Gasteiger charge is 2.37. The summed E-state index contributed by atoms with van der Waals surface area (Å²) in [4.78, 5) is 51.2. The van der Waals surface area contributed by atoms with Gasteiger partial charge >= 0.3 is 6.09 Å². The topological polar surface area (TPSA) is 86.3 Å². The van der Waals surface area contributed by atoms with E-state index in [1.807, 2.05) is 20.8 Å². The number of fused-ring (bicyclic) bond motifs is 1. The Morgan fingerprint density at radius 2 is 1.90 bits per heavy atom. The molecule has 0 aliphatic carbocycles. The first-order chi connectivity index (χ1) is 14.4. The fourth-order valence-electron chi connectivity index (χ4n) is 3.71. The van der Waals surface area contributed by atoms with Crippen molar-refractivity contribution in [3.63, 3.8) is 0 Å². The van der Waals surface area contributed by atoms with Gasteiger partial charge in [0.1, 0.15) is 5.60 Å². The van der Waals surface area contributed by atoms with Crippen molar-refractivity contribution >= 4 is 29.2 Å². The molecular weight excluding hydrogens is 418 g/mol. The summed E-state index contributed by atoms with van der Waals surface area (Å²) in [6, 6.07) is -0.424. The molecule has 0 aromatic carbocycles. The molecule has 31 heavy (non-hydrogen) atoms. The standard InChI is InChI=1S/C21H33N5O4S/c1-21(2,3)30-20(29)25-9-10-26(14(12-25)11-17(27)23(4)5)19(28)18-22-15-7-8-24(6)13-16(15)31-18/h14H,7-13H2,1-6H3. The minimum absolute atomic E-state index is 0.0890. The Balaban J connectivity index is 1.78. The Labute approximate surface area is 187 Å². The second-order valence-electron chi connectivity index (χ2n) is 9.45. The van der Waals surface area contributed by atoms with Crippen molar-refractivity contribution < 1.29 is 19.1 Å². The molecule has 3 amide bonds. The minimum Gasteiger partial charge on any atom is -0.444 e. The summed E-state index contributed by atoms with van der Waals surface area (Å²) >= 11 is 1.44. The average Bonchev–Trinajstić information content (AvgIpc) is 3.09. The number of hydrogen-bond donors (Lipinski definition) is 0. The molecule has 2 aliphatic rings. The maximum atomic E-state index is 13.4. The number of thiazole rings is 1. The molecule has 0 radical (unpaired) electrons. The number of hydrogen-bond acceptors (Lipinski definition) is 7. The van der Waals surface area contributed by atoms with E-state index in [1.54, 1.807) is 23.9 Å². The Morgan fingerprint density at radius 3 is 2.55 bits per heavy atom. The summed E-state index contributed by atoms with van der Waals surface area (Å²) in [5, 5.41) is 0.466. The zero-order valence-corrected chi connectivity index (χ0v) is 20.1. The maximum Gasteiger partial charge on any atom is 0.410 e. The van der Waals surface area contributed by atoms with Crippen LogP contribution >= 0.6 is 11.3 Å². The number of piperazine rings is 1. The van der Waals surface area contributed by atoms with Crippen LogP contribution in [0.4, 0.5) is 4.79 Å². The van der Waals surface area contributed by atoms with Crippen LogP contribution in [-0.2, 0) is 22.5 Å². The van der Waals surface area contributed by atoms with Gasteiger partial charge in [-0.15, -0.1) is 11.3 Å². The number of aromatic nitrogens is 1. The first-order valence-corrected chi connectivity index (χ1v) is 11.4. The molecule has 1 saturated heterocycles. The van der Waals surface area contributed by atoms with Crippen LogP contribution in [0.1, 0.15) is 47.6 Å². The normalized spacial score (nSPS) is 19.7. The van der Waals surface area contributed by atoms with Crippen molar-refractivity contribution in [2.45, 2.75) is 51.8 Å². The molecule has 3 heterocycles. The maximum absolute atomic E-state index is 13.4. The fourth-order valence-corrected chi connectivity index (χ4v) is 4.86. The van der Waals surface area contributed by atoms with Gasteiger partial charge in [-0.05, 0) is 27.8 Å². The average molecular weight is 452 g/mol. The minimum atomic E-state index is -0.605. The molecule has 172 valence electrons. The van der Waals surface area contributed by atoms with E-state index in [1.165, 1.54) is 16.2 Å². The molecule has 0 saturated carbocycles. The molecule has 1 atom stereocenters. The SMILES string of the molecule is CN1CCc2nc(C(=O)N3CCN(C(=O)OC(C)(C)C)CC3CC(=O)N(C)C)sc2C1. The van der Waals surface area contributed by atoms with Crippen LogP contribution in [0.5, 0.6) is 0 Å². The van der Waals surface area contributed by atoms with Gasteiger partial charge in [0.05, 0.1) is 11.7 Å². The van der Waals surface area contributed by atoms with E-state index in [9.17, 15) is 14.4 Å². The molecule has 2 aliphatic heterocycles.